The molecule has 0 unspecified atom stereocenters. The predicted molar refractivity (Wildman–Crippen MR) is 89.3 cm³/mol. The Morgan fingerprint density at radius 1 is 1.24 bits per heavy atom. The zero-order valence-corrected chi connectivity index (χ0v) is 14.7. The summed E-state index contributed by atoms with van der Waals surface area (Å²) >= 11 is 12.6. The van der Waals surface area contributed by atoms with Crippen LogP contribution in [0.15, 0.2) is 39.3 Å². The molecule has 0 heterocycles. The highest BCUT2D eigenvalue weighted by Gasteiger charge is 2.17. The monoisotopic (exact) mass is 427 g/mol. The predicted octanol–water partition coefficient (Wildman–Crippen LogP) is 5.94. The fourth-order valence-corrected chi connectivity index (χ4v) is 3.28. The maximum absolute atomic E-state index is 12.2. The first-order valence-corrected chi connectivity index (χ1v) is 7.73. The molecule has 0 atom stereocenters. The topological polar surface area (TPSA) is 30.7 Å². The molecule has 0 radical (unpaired) electrons. The summed E-state index contributed by atoms with van der Waals surface area (Å²) in [6.45, 7) is 8.88. The van der Waals surface area contributed by atoms with Gasteiger partial charge in [0.05, 0.1) is 26.1 Å². The van der Waals surface area contributed by atoms with Crippen molar-refractivity contribution in [2.45, 2.75) is 6.92 Å². The van der Waals surface area contributed by atoms with Crippen LogP contribution in [0.4, 0.5) is 5.69 Å². The normalized spacial score (nSPS) is 10.0. The standard InChI is InChI=1S/C15H8Br2ClNO2/c1-8-3-4-10(13(18)5-8)15(20)21-14-11(16)6-9(19-2)7-12(14)17/h3-7H,1H3. The fraction of sp³-hybridized carbons (Fsp3) is 0.0667. The van der Waals surface area contributed by atoms with E-state index in [1.165, 1.54) is 0 Å². The zero-order chi connectivity index (χ0) is 15.6. The molecule has 0 aromatic heterocycles. The third-order valence-electron chi connectivity index (χ3n) is 2.65. The van der Waals surface area contributed by atoms with Gasteiger partial charge in [-0.15, -0.1) is 0 Å². The highest BCUT2D eigenvalue weighted by atomic mass is 79.9. The molecule has 0 amide bonds. The Balaban J connectivity index is 2.34. The Hall–Kier alpha value is -1.35. The van der Waals surface area contributed by atoms with Crippen LogP contribution in [-0.4, -0.2) is 5.97 Å². The van der Waals surface area contributed by atoms with Crippen molar-refractivity contribution in [3.8, 4) is 5.75 Å². The summed E-state index contributed by atoms with van der Waals surface area (Å²) in [5.74, 6) is -0.249. The molecule has 2 rings (SSSR count). The van der Waals surface area contributed by atoms with Gasteiger partial charge >= 0.3 is 5.97 Å². The van der Waals surface area contributed by atoms with Crippen molar-refractivity contribution in [2.75, 3.05) is 0 Å². The summed E-state index contributed by atoms with van der Waals surface area (Å²) in [5, 5.41) is 0.338. The van der Waals surface area contributed by atoms with Crippen molar-refractivity contribution >= 4 is 55.1 Å². The van der Waals surface area contributed by atoms with E-state index < -0.39 is 5.97 Å². The minimum Gasteiger partial charge on any atom is -0.421 e. The Labute approximate surface area is 143 Å². The second kappa shape index (κ2) is 6.61. The molecule has 2 aromatic carbocycles. The maximum atomic E-state index is 12.2. The smallest absolute Gasteiger partial charge is 0.345 e. The molecule has 2 aromatic rings. The van der Waals surface area contributed by atoms with Crippen LogP contribution in [-0.2, 0) is 0 Å². The van der Waals surface area contributed by atoms with Crippen molar-refractivity contribution < 1.29 is 9.53 Å². The van der Waals surface area contributed by atoms with E-state index in [4.69, 9.17) is 22.9 Å². The number of rotatable bonds is 2. The number of carbonyl (C=O) groups excluding carboxylic acids is 1. The second-order valence-corrected chi connectivity index (χ2v) is 6.34. The van der Waals surface area contributed by atoms with E-state index in [0.29, 0.717) is 25.4 Å². The van der Waals surface area contributed by atoms with Gasteiger partial charge in [0.2, 0.25) is 0 Å². The molecule has 0 spiro atoms. The maximum Gasteiger partial charge on any atom is 0.345 e. The molecule has 0 saturated heterocycles. The Kier molecular flexibility index (Phi) is 5.04. The van der Waals surface area contributed by atoms with Crippen LogP contribution in [0.1, 0.15) is 15.9 Å². The number of aryl methyl sites for hydroxylation is 1. The summed E-state index contributed by atoms with van der Waals surface area (Å²) in [6.07, 6.45) is 0. The SMILES string of the molecule is [C-]#[N+]c1cc(Br)c(OC(=O)c2ccc(C)cc2Cl)c(Br)c1. The van der Waals surface area contributed by atoms with Gasteiger partial charge in [0.1, 0.15) is 0 Å². The molecule has 0 fully saturated rings. The molecule has 6 heteroatoms. The molecule has 0 aliphatic rings. The summed E-state index contributed by atoms with van der Waals surface area (Å²) in [4.78, 5) is 15.5. The molecule has 0 saturated carbocycles. The van der Waals surface area contributed by atoms with E-state index in [9.17, 15) is 4.79 Å². The van der Waals surface area contributed by atoms with E-state index in [-0.39, 0.29) is 5.56 Å². The minimum absolute atomic E-state index is 0.287. The Morgan fingerprint density at radius 3 is 2.38 bits per heavy atom. The number of benzene rings is 2. The Bertz CT molecular complexity index is 746. The summed E-state index contributed by atoms with van der Waals surface area (Å²) < 4.78 is 6.39. The van der Waals surface area contributed by atoms with Gasteiger partial charge in [0, 0.05) is 0 Å². The van der Waals surface area contributed by atoms with E-state index >= 15 is 0 Å². The molecule has 0 aliphatic carbocycles. The number of carbonyl (C=O) groups is 1. The lowest BCUT2D eigenvalue weighted by atomic mass is 10.1. The van der Waals surface area contributed by atoms with E-state index in [0.717, 1.165) is 5.56 Å². The molecular formula is C15H8Br2ClNO2. The molecule has 0 bridgehead atoms. The van der Waals surface area contributed by atoms with Gasteiger partial charge in [-0.05, 0) is 68.6 Å². The highest BCUT2D eigenvalue weighted by molar-refractivity contribution is 9.11. The zero-order valence-electron chi connectivity index (χ0n) is 10.8. The van der Waals surface area contributed by atoms with Crippen molar-refractivity contribution in [1.82, 2.24) is 0 Å². The third kappa shape index (κ3) is 3.65. The van der Waals surface area contributed by atoms with Crippen LogP contribution < -0.4 is 4.74 Å². The third-order valence-corrected chi connectivity index (χ3v) is 4.14. The summed E-state index contributed by atoms with van der Waals surface area (Å²) in [6, 6.07) is 8.27. The van der Waals surface area contributed by atoms with Crippen molar-refractivity contribution in [2.24, 2.45) is 0 Å². The fourth-order valence-electron chi connectivity index (χ4n) is 1.64. The molecule has 106 valence electrons. The summed E-state index contributed by atoms with van der Waals surface area (Å²) in [7, 11) is 0. The molecule has 3 nitrogen and oxygen atoms in total. The van der Waals surface area contributed by atoms with Crippen LogP contribution in [0, 0.1) is 13.5 Å². The van der Waals surface area contributed by atoms with Gasteiger partial charge in [-0.1, -0.05) is 17.7 Å². The van der Waals surface area contributed by atoms with Crippen molar-refractivity contribution in [3.63, 3.8) is 0 Å². The first kappa shape index (κ1) is 16.0. The lowest BCUT2D eigenvalue weighted by Crippen LogP contribution is -2.10. The van der Waals surface area contributed by atoms with E-state index in [1.54, 1.807) is 30.3 Å². The lowest BCUT2D eigenvalue weighted by Gasteiger charge is -2.10. The van der Waals surface area contributed by atoms with Crippen LogP contribution in [0.5, 0.6) is 5.75 Å². The van der Waals surface area contributed by atoms with Gasteiger partial charge < -0.3 is 4.74 Å². The number of esters is 1. The van der Waals surface area contributed by atoms with Crippen LogP contribution in [0.25, 0.3) is 4.85 Å². The average molecular weight is 429 g/mol. The van der Waals surface area contributed by atoms with Crippen molar-refractivity contribution in [3.05, 3.63) is 66.8 Å². The number of halogens is 3. The van der Waals surface area contributed by atoms with Crippen LogP contribution in [0.2, 0.25) is 5.02 Å². The van der Waals surface area contributed by atoms with Crippen LogP contribution >= 0.6 is 43.5 Å². The first-order chi connectivity index (χ1) is 9.92. The van der Waals surface area contributed by atoms with E-state index in [2.05, 4.69) is 36.7 Å². The number of hydrogen-bond donors (Lipinski definition) is 0. The minimum atomic E-state index is -0.558. The quantitative estimate of drug-likeness (QED) is 0.336. The molecule has 0 aliphatic heterocycles. The molecular weight excluding hydrogens is 421 g/mol. The second-order valence-electron chi connectivity index (χ2n) is 4.22. The largest absolute Gasteiger partial charge is 0.421 e. The highest BCUT2D eigenvalue weighted by Crippen LogP contribution is 2.38. The average Bonchev–Trinajstić information content (AvgIpc) is 2.42. The van der Waals surface area contributed by atoms with E-state index in [1.807, 2.05) is 6.92 Å². The first-order valence-electron chi connectivity index (χ1n) is 5.77. The molecule has 21 heavy (non-hydrogen) atoms. The number of ether oxygens (including phenoxy) is 1. The van der Waals surface area contributed by atoms with Gasteiger partial charge in [-0.2, -0.15) is 0 Å². The van der Waals surface area contributed by atoms with Crippen LogP contribution in [0.3, 0.4) is 0 Å². The summed E-state index contributed by atoms with van der Waals surface area (Å²) in [5.41, 5.74) is 1.68. The van der Waals surface area contributed by atoms with Gasteiger partial charge in [0.15, 0.2) is 11.4 Å². The Morgan fingerprint density at radius 2 is 1.86 bits per heavy atom. The number of hydrogen-bond acceptors (Lipinski definition) is 2. The van der Waals surface area contributed by atoms with Gasteiger partial charge in [0.25, 0.3) is 0 Å². The molecule has 0 N–H and O–H groups in total. The van der Waals surface area contributed by atoms with Crippen molar-refractivity contribution in [1.29, 1.82) is 0 Å². The number of nitrogens with zero attached hydrogens (tertiary/aromatic N) is 1. The van der Waals surface area contributed by atoms with Gasteiger partial charge in [-0.25, -0.2) is 9.64 Å². The lowest BCUT2D eigenvalue weighted by molar-refractivity contribution is 0.0732. The van der Waals surface area contributed by atoms with Gasteiger partial charge in [-0.3, -0.25) is 0 Å².